The van der Waals surface area contributed by atoms with E-state index in [2.05, 4.69) is 27.0 Å². The van der Waals surface area contributed by atoms with E-state index in [0.717, 1.165) is 22.5 Å². The number of carbonyl (C=O) groups is 1. The van der Waals surface area contributed by atoms with Crippen LogP contribution in [0.4, 0.5) is 29.5 Å². The van der Waals surface area contributed by atoms with Crippen LogP contribution in [0.5, 0.6) is 0 Å². The van der Waals surface area contributed by atoms with Gasteiger partial charge >= 0.3 is 12.2 Å². The van der Waals surface area contributed by atoms with Crippen molar-refractivity contribution in [3.63, 3.8) is 0 Å². The van der Waals surface area contributed by atoms with Crippen LogP contribution in [0.15, 0.2) is 48.5 Å². The van der Waals surface area contributed by atoms with Gasteiger partial charge in [-0.2, -0.15) is 18.4 Å². The normalized spacial score (nSPS) is 11.0. The summed E-state index contributed by atoms with van der Waals surface area (Å²) >= 11 is 0. The molecule has 0 fully saturated rings. The fourth-order valence-electron chi connectivity index (χ4n) is 2.93. The van der Waals surface area contributed by atoms with Gasteiger partial charge in [0.2, 0.25) is 0 Å². The Bertz CT molecular complexity index is 1120. The van der Waals surface area contributed by atoms with Crippen molar-refractivity contribution in [1.82, 2.24) is 10.3 Å². The molecule has 30 heavy (non-hydrogen) atoms. The monoisotopic (exact) mass is 413 g/mol. The summed E-state index contributed by atoms with van der Waals surface area (Å²) in [5.74, 6) is 0.379. The number of nitrogens with one attached hydrogen (secondary N) is 3. The Morgan fingerprint density at radius 1 is 1.13 bits per heavy atom. The lowest BCUT2D eigenvalue weighted by molar-refractivity contribution is -0.136. The second-order valence-corrected chi connectivity index (χ2v) is 6.49. The summed E-state index contributed by atoms with van der Waals surface area (Å²) in [5, 5.41) is 17.9. The predicted octanol–water partition coefficient (Wildman–Crippen LogP) is 4.67. The molecule has 0 saturated heterocycles. The van der Waals surface area contributed by atoms with Gasteiger partial charge in [0.05, 0.1) is 22.3 Å². The molecule has 3 N–H and O–H groups in total. The molecule has 0 radical (unpaired) electrons. The lowest BCUT2D eigenvalue weighted by atomic mass is 10.1. The standard InChI is InChI=1S/C21H18F3N5O/c1-13-5-4-6-14-11-15(12-25)19(29-18(13)14)26-9-10-27-20(30)28-17-8-3-2-7-16(17)21(22,23)24/h2-8,11H,9-10H2,1H3,(H,26,29)(H2,27,28,30). The third-order valence-electron chi connectivity index (χ3n) is 4.35. The maximum absolute atomic E-state index is 13.0. The Morgan fingerprint density at radius 2 is 1.90 bits per heavy atom. The summed E-state index contributed by atoms with van der Waals surface area (Å²) < 4.78 is 39.0. The maximum atomic E-state index is 13.0. The number of nitrogens with zero attached hydrogens (tertiary/aromatic N) is 2. The number of hydrogen-bond donors (Lipinski definition) is 3. The van der Waals surface area contributed by atoms with Crippen molar-refractivity contribution in [2.75, 3.05) is 23.7 Å². The van der Waals surface area contributed by atoms with Crippen LogP contribution in [0.25, 0.3) is 10.9 Å². The van der Waals surface area contributed by atoms with E-state index in [-0.39, 0.29) is 18.8 Å². The molecule has 2 aromatic carbocycles. The van der Waals surface area contributed by atoms with Gasteiger partial charge in [0.1, 0.15) is 11.9 Å². The number of anilines is 2. The van der Waals surface area contributed by atoms with E-state index in [1.54, 1.807) is 6.07 Å². The van der Waals surface area contributed by atoms with E-state index in [4.69, 9.17) is 0 Å². The average molecular weight is 413 g/mol. The van der Waals surface area contributed by atoms with E-state index in [0.29, 0.717) is 11.4 Å². The molecule has 154 valence electrons. The first-order valence-corrected chi connectivity index (χ1v) is 9.05. The van der Waals surface area contributed by atoms with E-state index in [1.165, 1.54) is 18.2 Å². The molecular formula is C21H18F3N5O. The highest BCUT2D eigenvalue weighted by molar-refractivity contribution is 5.90. The van der Waals surface area contributed by atoms with Crippen LogP contribution in [-0.2, 0) is 6.18 Å². The minimum Gasteiger partial charge on any atom is -0.367 e. The zero-order chi connectivity index (χ0) is 21.7. The number of rotatable bonds is 5. The third-order valence-corrected chi connectivity index (χ3v) is 4.35. The van der Waals surface area contributed by atoms with Gasteiger partial charge in [-0.3, -0.25) is 0 Å². The minimum atomic E-state index is -4.57. The van der Waals surface area contributed by atoms with Crippen LogP contribution in [-0.4, -0.2) is 24.1 Å². The molecule has 6 nitrogen and oxygen atoms in total. The number of halogens is 3. The Balaban J connectivity index is 1.60. The molecule has 9 heteroatoms. The van der Waals surface area contributed by atoms with Crippen molar-refractivity contribution in [2.24, 2.45) is 0 Å². The first-order valence-electron chi connectivity index (χ1n) is 9.05. The molecule has 0 spiro atoms. The van der Waals surface area contributed by atoms with Crippen LogP contribution < -0.4 is 16.0 Å². The largest absolute Gasteiger partial charge is 0.418 e. The van der Waals surface area contributed by atoms with Crippen LogP contribution in [0.3, 0.4) is 0 Å². The molecule has 0 aliphatic carbocycles. The van der Waals surface area contributed by atoms with E-state index in [1.807, 2.05) is 25.1 Å². The molecule has 0 bridgehead atoms. The minimum absolute atomic E-state index is 0.109. The molecule has 3 aromatic rings. The Labute approximate surface area is 170 Å². The number of alkyl halides is 3. The molecule has 1 aromatic heterocycles. The highest BCUT2D eigenvalue weighted by Crippen LogP contribution is 2.34. The van der Waals surface area contributed by atoms with Crippen LogP contribution >= 0.6 is 0 Å². The number of aromatic nitrogens is 1. The molecule has 0 aliphatic heterocycles. The Kier molecular flexibility index (Phi) is 6.06. The van der Waals surface area contributed by atoms with Gasteiger partial charge in [0.15, 0.2) is 0 Å². The summed E-state index contributed by atoms with van der Waals surface area (Å²) in [7, 11) is 0. The summed E-state index contributed by atoms with van der Waals surface area (Å²) in [5.41, 5.74) is 0.826. The lowest BCUT2D eigenvalue weighted by Crippen LogP contribution is -2.33. The Hall–Kier alpha value is -3.80. The van der Waals surface area contributed by atoms with Crippen LogP contribution in [0, 0.1) is 18.3 Å². The maximum Gasteiger partial charge on any atom is 0.418 e. The number of pyridine rings is 1. The van der Waals surface area contributed by atoms with Crippen LogP contribution in [0.2, 0.25) is 0 Å². The molecular weight excluding hydrogens is 395 g/mol. The van der Waals surface area contributed by atoms with Crippen molar-refractivity contribution in [1.29, 1.82) is 5.26 Å². The first kappa shape index (κ1) is 20.9. The molecule has 2 amide bonds. The van der Waals surface area contributed by atoms with Crippen molar-refractivity contribution in [2.45, 2.75) is 13.1 Å². The molecule has 0 atom stereocenters. The van der Waals surface area contributed by atoms with Crippen molar-refractivity contribution >= 4 is 28.4 Å². The molecule has 0 saturated carbocycles. The van der Waals surface area contributed by atoms with Gasteiger partial charge in [0.25, 0.3) is 0 Å². The fourth-order valence-corrected chi connectivity index (χ4v) is 2.93. The number of amides is 2. The summed E-state index contributed by atoms with van der Waals surface area (Å²) in [6.45, 7) is 2.25. The van der Waals surface area contributed by atoms with Gasteiger partial charge in [-0.15, -0.1) is 0 Å². The second-order valence-electron chi connectivity index (χ2n) is 6.49. The average Bonchev–Trinajstić information content (AvgIpc) is 2.70. The molecule has 0 aliphatic rings. The number of fused-ring (bicyclic) bond motifs is 1. The van der Waals surface area contributed by atoms with Gasteiger partial charge in [-0.05, 0) is 30.7 Å². The van der Waals surface area contributed by atoms with E-state index in [9.17, 15) is 23.2 Å². The number of aryl methyl sites for hydroxylation is 1. The smallest absolute Gasteiger partial charge is 0.367 e. The number of nitriles is 1. The topological polar surface area (TPSA) is 89.8 Å². The zero-order valence-electron chi connectivity index (χ0n) is 16.0. The van der Waals surface area contributed by atoms with Gasteiger partial charge < -0.3 is 16.0 Å². The predicted molar refractivity (Wildman–Crippen MR) is 108 cm³/mol. The molecule has 1 heterocycles. The lowest BCUT2D eigenvalue weighted by Gasteiger charge is -2.14. The van der Waals surface area contributed by atoms with Crippen LogP contribution in [0.1, 0.15) is 16.7 Å². The van der Waals surface area contributed by atoms with E-state index >= 15 is 0 Å². The van der Waals surface area contributed by atoms with Crippen molar-refractivity contribution in [3.05, 3.63) is 65.2 Å². The quantitative estimate of drug-likeness (QED) is 0.531. The molecule has 3 rings (SSSR count). The highest BCUT2D eigenvalue weighted by Gasteiger charge is 2.33. The third kappa shape index (κ3) is 4.78. The van der Waals surface area contributed by atoms with Crippen molar-refractivity contribution < 1.29 is 18.0 Å². The summed E-state index contributed by atoms with van der Waals surface area (Å²) in [6.07, 6.45) is -4.57. The first-order chi connectivity index (χ1) is 14.3. The molecule has 0 unspecified atom stereocenters. The van der Waals surface area contributed by atoms with Gasteiger partial charge in [-0.1, -0.05) is 30.3 Å². The number of carbonyl (C=O) groups excluding carboxylic acids is 1. The Morgan fingerprint density at radius 3 is 2.63 bits per heavy atom. The number of benzene rings is 2. The zero-order valence-corrected chi connectivity index (χ0v) is 16.0. The summed E-state index contributed by atoms with van der Waals surface area (Å²) in [6, 6.07) is 13.4. The number of urea groups is 1. The van der Waals surface area contributed by atoms with Gasteiger partial charge in [0, 0.05) is 18.5 Å². The second kappa shape index (κ2) is 8.69. The number of para-hydroxylation sites is 2. The fraction of sp³-hybridized carbons (Fsp3) is 0.190. The van der Waals surface area contributed by atoms with Crippen molar-refractivity contribution in [3.8, 4) is 6.07 Å². The summed E-state index contributed by atoms with van der Waals surface area (Å²) in [4.78, 5) is 16.4. The SMILES string of the molecule is Cc1cccc2cc(C#N)c(NCCNC(=O)Nc3ccccc3C(F)(F)F)nc12. The number of hydrogen-bond acceptors (Lipinski definition) is 4. The van der Waals surface area contributed by atoms with Gasteiger partial charge in [-0.25, -0.2) is 9.78 Å². The van der Waals surface area contributed by atoms with E-state index < -0.39 is 17.8 Å². The highest BCUT2D eigenvalue weighted by atomic mass is 19.4.